The van der Waals surface area contributed by atoms with Crippen LogP contribution in [0.5, 0.6) is 0 Å². The maximum absolute atomic E-state index is 4.78. The minimum atomic E-state index is 0.608. The number of nitrogens with zero attached hydrogens (tertiary/aromatic N) is 3. The standard InChI is InChI=1S/C17H28N4/c1-13-10-15(18-2)11-17(19-13)14-4-9-21(12-14)16-5-7-20(3)8-6-16/h10-11,14,16H,4-9,12H2,1-3H3,(H,18,19)/t14-/m0/s1. The van der Waals surface area contributed by atoms with Crippen LogP contribution in [0, 0.1) is 6.92 Å². The molecule has 2 aliphatic rings. The fourth-order valence-corrected chi connectivity index (χ4v) is 3.77. The zero-order chi connectivity index (χ0) is 14.8. The van der Waals surface area contributed by atoms with Crippen LogP contribution in [0.4, 0.5) is 5.69 Å². The third kappa shape index (κ3) is 3.38. The second-order valence-corrected chi connectivity index (χ2v) is 6.69. The smallest absolute Gasteiger partial charge is 0.0471 e. The number of pyridine rings is 1. The fraction of sp³-hybridized carbons (Fsp3) is 0.706. The molecule has 4 heteroatoms. The molecule has 1 atom stereocenters. The van der Waals surface area contributed by atoms with E-state index in [1.54, 1.807) is 0 Å². The predicted octanol–water partition coefficient (Wildman–Crippen LogP) is 2.32. The van der Waals surface area contributed by atoms with E-state index in [4.69, 9.17) is 4.98 Å². The Morgan fingerprint density at radius 1 is 1.14 bits per heavy atom. The first-order chi connectivity index (χ1) is 10.2. The number of likely N-dealkylation sites (tertiary alicyclic amines) is 2. The lowest BCUT2D eigenvalue weighted by Gasteiger charge is -2.35. The van der Waals surface area contributed by atoms with Gasteiger partial charge in [-0.2, -0.15) is 0 Å². The van der Waals surface area contributed by atoms with Crippen molar-refractivity contribution >= 4 is 5.69 Å². The highest BCUT2D eigenvalue weighted by Crippen LogP contribution is 2.31. The molecular formula is C17H28N4. The number of aromatic nitrogens is 1. The molecular weight excluding hydrogens is 260 g/mol. The van der Waals surface area contributed by atoms with Crippen LogP contribution >= 0.6 is 0 Å². The third-order valence-electron chi connectivity index (χ3n) is 5.10. The monoisotopic (exact) mass is 288 g/mol. The first-order valence-corrected chi connectivity index (χ1v) is 8.24. The van der Waals surface area contributed by atoms with Crippen LogP contribution in [0.1, 0.15) is 36.6 Å². The lowest BCUT2D eigenvalue weighted by Crippen LogP contribution is -2.42. The average molecular weight is 288 g/mol. The van der Waals surface area contributed by atoms with Crippen LogP contribution in [0.3, 0.4) is 0 Å². The Kier molecular flexibility index (Phi) is 4.45. The quantitative estimate of drug-likeness (QED) is 0.925. The number of anilines is 1. The summed E-state index contributed by atoms with van der Waals surface area (Å²) in [5.74, 6) is 0.608. The van der Waals surface area contributed by atoms with Gasteiger partial charge in [0.25, 0.3) is 0 Å². The molecule has 2 fully saturated rings. The molecule has 21 heavy (non-hydrogen) atoms. The molecule has 2 aliphatic heterocycles. The van der Waals surface area contributed by atoms with Gasteiger partial charge in [-0.3, -0.25) is 9.88 Å². The van der Waals surface area contributed by atoms with Gasteiger partial charge in [0.1, 0.15) is 0 Å². The van der Waals surface area contributed by atoms with Crippen molar-refractivity contribution in [1.82, 2.24) is 14.8 Å². The van der Waals surface area contributed by atoms with Gasteiger partial charge in [-0.15, -0.1) is 0 Å². The van der Waals surface area contributed by atoms with Gasteiger partial charge >= 0.3 is 0 Å². The Hall–Kier alpha value is -1.13. The normalized spacial score (nSPS) is 25.4. The Bertz CT molecular complexity index is 480. The van der Waals surface area contributed by atoms with Gasteiger partial charge in [0.05, 0.1) is 0 Å². The van der Waals surface area contributed by atoms with E-state index in [0.29, 0.717) is 5.92 Å². The maximum atomic E-state index is 4.78. The molecule has 0 aromatic carbocycles. The summed E-state index contributed by atoms with van der Waals surface area (Å²) >= 11 is 0. The molecule has 116 valence electrons. The lowest BCUT2D eigenvalue weighted by atomic mass is 10.0. The minimum Gasteiger partial charge on any atom is -0.388 e. The number of hydrogen-bond acceptors (Lipinski definition) is 4. The van der Waals surface area contributed by atoms with E-state index < -0.39 is 0 Å². The van der Waals surface area contributed by atoms with Gasteiger partial charge < -0.3 is 10.2 Å². The van der Waals surface area contributed by atoms with Crippen LogP contribution in [-0.2, 0) is 0 Å². The number of rotatable bonds is 3. The zero-order valence-corrected chi connectivity index (χ0v) is 13.6. The summed E-state index contributed by atoms with van der Waals surface area (Å²) in [4.78, 5) is 9.94. The Morgan fingerprint density at radius 2 is 1.90 bits per heavy atom. The Morgan fingerprint density at radius 3 is 2.62 bits per heavy atom. The molecule has 0 aliphatic carbocycles. The molecule has 0 bridgehead atoms. The van der Waals surface area contributed by atoms with Crippen molar-refractivity contribution in [3.05, 3.63) is 23.5 Å². The van der Waals surface area contributed by atoms with Crippen LogP contribution in [-0.4, -0.2) is 61.1 Å². The third-order valence-corrected chi connectivity index (χ3v) is 5.10. The molecule has 4 nitrogen and oxygen atoms in total. The summed E-state index contributed by atoms with van der Waals surface area (Å²) in [5.41, 5.74) is 3.58. The van der Waals surface area contributed by atoms with Crippen molar-refractivity contribution < 1.29 is 0 Å². The molecule has 3 rings (SSSR count). The van der Waals surface area contributed by atoms with Crippen molar-refractivity contribution in [3.8, 4) is 0 Å². The van der Waals surface area contributed by atoms with E-state index in [2.05, 4.69) is 41.2 Å². The summed E-state index contributed by atoms with van der Waals surface area (Å²) in [5, 5.41) is 3.25. The Balaban J connectivity index is 1.65. The molecule has 0 saturated carbocycles. The molecule has 0 spiro atoms. The second kappa shape index (κ2) is 6.32. The highest BCUT2D eigenvalue weighted by atomic mass is 15.2. The zero-order valence-electron chi connectivity index (χ0n) is 13.6. The first kappa shape index (κ1) is 14.8. The summed E-state index contributed by atoms with van der Waals surface area (Å²) in [7, 11) is 4.22. The van der Waals surface area contributed by atoms with Gasteiger partial charge in [0, 0.05) is 42.6 Å². The van der Waals surface area contributed by atoms with Gasteiger partial charge in [-0.25, -0.2) is 0 Å². The molecule has 3 heterocycles. The van der Waals surface area contributed by atoms with E-state index in [9.17, 15) is 0 Å². The highest BCUT2D eigenvalue weighted by molar-refractivity contribution is 5.45. The molecule has 2 saturated heterocycles. The van der Waals surface area contributed by atoms with Crippen molar-refractivity contribution in [2.75, 3.05) is 45.6 Å². The first-order valence-electron chi connectivity index (χ1n) is 8.24. The van der Waals surface area contributed by atoms with Crippen molar-refractivity contribution in [1.29, 1.82) is 0 Å². The van der Waals surface area contributed by atoms with Gasteiger partial charge in [0.15, 0.2) is 0 Å². The van der Waals surface area contributed by atoms with Crippen molar-refractivity contribution in [2.24, 2.45) is 0 Å². The lowest BCUT2D eigenvalue weighted by molar-refractivity contribution is 0.142. The van der Waals surface area contributed by atoms with Gasteiger partial charge in [-0.05, 0) is 65.0 Å². The summed E-state index contributed by atoms with van der Waals surface area (Å²) in [6.07, 6.45) is 3.91. The van der Waals surface area contributed by atoms with E-state index in [1.165, 1.54) is 56.8 Å². The van der Waals surface area contributed by atoms with Crippen molar-refractivity contribution in [3.63, 3.8) is 0 Å². The van der Waals surface area contributed by atoms with Crippen LogP contribution in [0.2, 0.25) is 0 Å². The van der Waals surface area contributed by atoms with E-state index in [-0.39, 0.29) is 0 Å². The van der Waals surface area contributed by atoms with Crippen LogP contribution in [0.25, 0.3) is 0 Å². The molecule has 1 aromatic rings. The Labute approximate surface area is 128 Å². The summed E-state index contributed by atoms with van der Waals surface area (Å²) in [6.45, 7) is 7.02. The SMILES string of the molecule is CNc1cc(C)nc([C@H]2CCN(C3CCN(C)CC3)C2)c1. The molecule has 0 radical (unpaired) electrons. The summed E-state index contributed by atoms with van der Waals surface area (Å²) in [6, 6.07) is 5.14. The largest absolute Gasteiger partial charge is 0.388 e. The minimum absolute atomic E-state index is 0.608. The van der Waals surface area contributed by atoms with Crippen LogP contribution in [0.15, 0.2) is 12.1 Å². The average Bonchev–Trinajstić information content (AvgIpc) is 2.97. The number of hydrogen-bond donors (Lipinski definition) is 1. The van der Waals surface area contributed by atoms with Gasteiger partial charge in [0.2, 0.25) is 0 Å². The molecule has 1 aromatic heterocycles. The predicted molar refractivity (Wildman–Crippen MR) is 88.0 cm³/mol. The molecule has 1 N–H and O–H groups in total. The van der Waals surface area contributed by atoms with Gasteiger partial charge in [-0.1, -0.05) is 0 Å². The maximum Gasteiger partial charge on any atom is 0.0471 e. The van der Waals surface area contributed by atoms with E-state index in [1.807, 2.05) is 7.05 Å². The molecule has 0 unspecified atom stereocenters. The number of piperidine rings is 1. The second-order valence-electron chi connectivity index (χ2n) is 6.69. The highest BCUT2D eigenvalue weighted by Gasteiger charge is 2.31. The van der Waals surface area contributed by atoms with E-state index in [0.717, 1.165) is 11.7 Å². The van der Waals surface area contributed by atoms with E-state index >= 15 is 0 Å². The van der Waals surface area contributed by atoms with Crippen molar-refractivity contribution in [2.45, 2.75) is 38.1 Å². The number of nitrogens with one attached hydrogen (secondary N) is 1. The number of aryl methyl sites for hydroxylation is 1. The summed E-state index contributed by atoms with van der Waals surface area (Å²) < 4.78 is 0. The molecule has 0 amide bonds. The fourth-order valence-electron chi connectivity index (χ4n) is 3.77. The van der Waals surface area contributed by atoms with Crippen LogP contribution < -0.4 is 5.32 Å². The topological polar surface area (TPSA) is 31.4 Å².